The normalized spacial score (nSPS) is 7.91. The number of carbonyl (C=O) groups is 1. The molecule has 3 N–H and O–H groups in total. The third-order valence-corrected chi connectivity index (χ3v) is 0.243. The van der Waals surface area contributed by atoms with Crippen LogP contribution >= 0.6 is 12.4 Å². The lowest BCUT2D eigenvalue weighted by molar-refractivity contribution is -0.192. The van der Waals surface area contributed by atoms with E-state index in [2.05, 4.69) is 0 Å². The second-order valence-corrected chi connectivity index (χ2v) is 0.928. The van der Waals surface area contributed by atoms with Crippen LogP contribution in [-0.4, -0.2) is 23.3 Å². The highest BCUT2D eigenvalue weighted by Crippen LogP contribution is 2.13. The average molecular weight is 193 g/mol. The maximum absolute atomic E-state index is 10.6. The summed E-state index contributed by atoms with van der Waals surface area (Å²) in [5.41, 5.74) is 0. The Bertz CT molecular complexity index is 151. The van der Waals surface area contributed by atoms with Crippen molar-refractivity contribution in [3.05, 3.63) is 0 Å². The molecule has 8 heteroatoms. The molecule has 0 spiro atoms. The highest BCUT2D eigenvalue weighted by Gasteiger charge is 2.38. The Labute approximate surface area is 65.5 Å². The molecule has 0 aromatic carbocycles. The van der Waals surface area contributed by atoms with Crippen molar-refractivity contribution in [3.8, 4) is 0 Å². The third kappa shape index (κ3) is 17.6. The number of hydrogen-bond acceptors (Lipinski definition) is 3. The van der Waals surface area contributed by atoms with E-state index in [0.717, 1.165) is 0 Å². The monoisotopic (exact) mass is 192 g/mol. The summed E-state index contributed by atoms with van der Waals surface area (Å²) in [6.07, 6.45) is -5.08. The summed E-state index contributed by atoms with van der Waals surface area (Å²) in [5.74, 6) is -2.76. The molecule has 0 saturated carbocycles. The van der Waals surface area contributed by atoms with Crippen LogP contribution in [0.2, 0.25) is 0 Å². The van der Waals surface area contributed by atoms with E-state index < -0.39 is 12.1 Å². The molecule has 4 nitrogen and oxygen atoms in total. The molecule has 0 bridgehead atoms. The zero-order valence-corrected chi connectivity index (χ0v) is 5.71. The second kappa shape index (κ2) is 7.04. The van der Waals surface area contributed by atoms with Crippen LogP contribution in [0.25, 0.3) is 0 Å². The van der Waals surface area contributed by atoms with Crippen molar-refractivity contribution >= 4 is 24.4 Å². The van der Waals surface area contributed by atoms with Gasteiger partial charge in [-0.15, -0.1) is 12.4 Å². The van der Waals surface area contributed by atoms with Crippen LogP contribution in [0, 0.1) is 10.8 Å². The smallest absolute Gasteiger partial charge is 0.475 e. The largest absolute Gasteiger partial charge is 0.490 e. The molecule has 0 fully saturated rings. The van der Waals surface area contributed by atoms with Crippen LogP contribution in [0.1, 0.15) is 0 Å². The van der Waals surface area contributed by atoms with Gasteiger partial charge in [0, 0.05) is 0 Å². The topological polar surface area (TPSA) is 85.0 Å². The van der Waals surface area contributed by atoms with Crippen molar-refractivity contribution in [1.82, 2.24) is 0 Å². The summed E-state index contributed by atoms with van der Waals surface area (Å²) < 4.78 is 31.7. The fourth-order valence-electron chi connectivity index (χ4n) is 0. The molecule has 0 heterocycles. The van der Waals surface area contributed by atoms with Crippen molar-refractivity contribution in [3.63, 3.8) is 0 Å². The molecule has 0 aliphatic heterocycles. The molecular formula is C3H4ClF3N2O2. The Kier molecular flexibility index (Phi) is 10.6. The van der Waals surface area contributed by atoms with Crippen molar-refractivity contribution in [2.75, 3.05) is 0 Å². The van der Waals surface area contributed by atoms with Gasteiger partial charge in [-0.2, -0.15) is 13.2 Å². The molecule has 0 aromatic heterocycles. The van der Waals surface area contributed by atoms with E-state index in [1.54, 1.807) is 0 Å². The van der Waals surface area contributed by atoms with Crippen molar-refractivity contribution in [2.45, 2.75) is 6.18 Å². The molecule has 0 rings (SSSR count). The standard InChI is InChI=1S/C2HF3O2.CH2N2.ClH/c3-2(4,5)1(6)7;2-1-3;/h(H,6,7);2-3H;1H. The van der Waals surface area contributed by atoms with E-state index >= 15 is 0 Å². The molecule has 0 aromatic rings. The summed E-state index contributed by atoms with van der Waals surface area (Å²) in [5, 5.41) is 18.4. The number of nitrogens with one attached hydrogen (secondary N) is 2. The zero-order chi connectivity index (χ0) is 8.78. The van der Waals surface area contributed by atoms with Gasteiger partial charge in [-0.3, -0.25) is 0 Å². The summed E-state index contributed by atoms with van der Waals surface area (Å²) in [4.78, 5) is 8.90. The van der Waals surface area contributed by atoms with Crippen molar-refractivity contribution in [2.24, 2.45) is 0 Å². The number of halogens is 4. The van der Waals surface area contributed by atoms with Gasteiger partial charge in [-0.25, -0.2) is 15.6 Å². The number of hydrogen-bond donors (Lipinski definition) is 3. The Hall–Kier alpha value is -1.07. The molecule has 0 amide bonds. The summed E-state index contributed by atoms with van der Waals surface area (Å²) in [6.45, 7) is 0. The van der Waals surface area contributed by atoms with Gasteiger partial charge >= 0.3 is 12.1 Å². The Morgan fingerprint density at radius 3 is 1.45 bits per heavy atom. The second-order valence-electron chi connectivity index (χ2n) is 0.928. The van der Waals surface area contributed by atoms with Gasteiger partial charge in [-0.1, -0.05) is 0 Å². The first-order chi connectivity index (χ1) is 4.36. The number of alkyl halides is 3. The number of rotatable bonds is 0. The van der Waals surface area contributed by atoms with Gasteiger partial charge in [0.25, 0.3) is 0 Å². The van der Waals surface area contributed by atoms with Gasteiger partial charge in [-0.05, 0) is 0 Å². The lowest BCUT2D eigenvalue weighted by atomic mass is 10.7. The molecule has 0 radical (unpaired) electrons. The molecule has 0 unspecified atom stereocenters. The van der Waals surface area contributed by atoms with Crippen LogP contribution in [0.4, 0.5) is 13.2 Å². The first-order valence-electron chi connectivity index (χ1n) is 1.74. The maximum Gasteiger partial charge on any atom is 0.490 e. The van der Waals surface area contributed by atoms with E-state index in [4.69, 9.17) is 20.7 Å². The quantitative estimate of drug-likeness (QED) is 0.507. The van der Waals surface area contributed by atoms with Crippen LogP contribution in [0.15, 0.2) is 0 Å². The summed E-state index contributed by atoms with van der Waals surface area (Å²) in [7, 11) is 0. The average Bonchev–Trinajstić information content (AvgIpc) is 1.64. The van der Waals surface area contributed by atoms with Gasteiger partial charge in [0.05, 0.1) is 6.01 Å². The molecule has 0 aliphatic carbocycles. The minimum absolute atomic E-state index is 0. The van der Waals surface area contributed by atoms with Crippen LogP contribution < -0.4 is 0 Å². The van der Waals surface area contributed by atoms with Crippen molar-refractivity contribution < 1.29 is 23.1 Å². The number of carboxylic acids is 1. The Morgan fingerprint density at radius 1 is 1.36 bits per heavy atom. The van der Waals surface area contributed by atoms with Crippen LogP contribution in [0.3, 0.4) is 0 Å². The highest BCUT2D eigenvalue weighted by molar-refractivity contribution is 5.85. The van der Waals surface area contributed by atoms with Gasteiger partial charge in [0.2, 0.25) is 0 Å². The van der Waals surface area contributed by atoms with Crippen molar-refractivity contribution in [1.29, 1.82) is 10.8 Å². The highest BCUT2D eigenvalue weighted by atomic mass is 35.5. The van der Waals surface area contributed by atoms with E-state index in [0.29, 0.717) is 0 Å². The SMILES string of the molecule is Cl.N=C=N.O=C(O)C(F)(F)F. The Balaban J connectivity index is -0.000000140. The van der Waals surface area contributed by atoms with E-state index in [1.807, 2.05) is 0 Å². The number of aliphatic carboxylic acids is 1. The van der Waals surface area contributed by atoms with Crippen LogP contribution in [0.5, 0.6) is 0 Å². The third-order valence-electron chi connectivity index (χ3n) is 0.243. The summed E-state index contributed by atoms with van der Waals surface area (Å²) >= 11 is 0. The fourth-order valence-corrected chi connectivity index (χ4v) is 0. The Morgan fingerprint density at radius 2 is 1.45 bits per heavy atom. The molecule has 0 aliphatic rings. The van der Waals surface area contributed by atoms with E-state index in [9.17, 15) is 13.2 Å². The zero-order valence-electron chi connectivity index (χ0n) is 4.90. The molecule has 0 saturated heterocycles. The predicted octanol–water partition coefficient (Wildman–Crippen LogP) is 1.37. The van der Waals surface area contributed by atoms with Gasteiger partial charge < -0.3 is 5.11 Å². The molecule has 66 valence electrons. The lowest BCUT2D eigenvalue weighted by Crippen LogP contribution is -2.21. The maximum atomic E-state index is 10.6. The minimum atomic E-state index is -5.08. The number of carboxylic acid groups (broad SMARTS) is 1. The first-order valence-corrected chi connectivity index (χ1v) is 1.74. The molecule has 0 atom stereocenters. The van der Waals surface area contributed by atoms with Crippen LogP contribution in [-0.2, 0) is 4.79 Å². The lowest BCUT2D eigenvalue weighted by Gasteiger charge is -1.93. The van der Waals surface area contributed by atoms with E-state index in [-0.39, 0.29) is 12.4 Å². The molecular weight excluding hydrogens is 188 g/mol. The predicted molar refractivity (Wildman–Crippen MR) is 31.4 cm³/mol. The first kappa shape index (κ1) is 16.5. The fraction of sp³-hybridized carbons (Fsp3) is 0.333. The summed E-state index contributed by atoms with van der Waals surface area (Å²) in [6, 6.07) is 1.25. The van der Waals surface area contributed by atoms with Gasteiger partial charge in [0.1, 0.15) is 0 Å². The minimum Gasteiger partial charge on any atom is -0.475 e. The van der Waals surface area contributed by atoms with Gasteiger partial charge in [0.15, 0.2) is 0 Å². The van der Waals surface area contributed by atoms with E-state index in [1.165, 1.54) is 6.01 Å². The molecule has 11 heavy (non-hydrogen) atoms.